The van der Waals surface area contributed by atoms with Crippen LogP contribution >= 0.6 is 0 Å². The van der Waals surface area contributed by atoms with Crippen LogP contribution in [0.15, 0.2) is 18.2 Å². The van der Waals surface area contributed by atoms with E-state index >= 15 is 0 Å². The molecule has 0 saturated heterocycles. The lowest BCUT2D eigenvalue weighted by Crippen LogP contribution is -2.42. The van der Waals surface area contributed by atoms with E-state index in [0.29, 0.717) is 24.3 Å². The van der Waals surface area contributed by atoms with Crippen LogP contribution in [0.4, 0.5) is 0 Å². The third-order valence-electron chi connectivity index (χ3n) is 3.25. The first kappa shape index (κ1) is 13.5. The van der Waals surface area contributed by atoms with E-state index in [-0.39, 0.29) is 0 Å². The fraction of sp³-hybridized carbons (Fsp3) is 0.429. The summed E-state index contributed by atoms with van der Waals surface area (Å²) in [5, 5.41) is 12.9. The smallest absolute Gasteiger partial charge is 0.287 e. The molecule has 0 spiro atoms. The number of carbonyl (C=O) groups excluding carboxylic acids is 2. The number of amides is 1. The molecular weight excluding hydrogens is 246 g/mol. The number of fused-ring (bicyclic) bond motifs is 1. The third kappa shape index (κ3) is 2.76. The van der Waals surface area contributed by atoms with E-state index in [1.807, 2.05) is 19.1 Å². The summed E-state index contributed by atoms with van der Waals surface area (Å²) >= 11 is 0. The minimum atomic E-state index is -0.874. The summed E-state index contributed by atoms with van der Waals surface area (Å²) in [7, 11) is 0. The van der Waals surface area contributed by atoms with Gasteiger partial charge in [-0.25, -0.2) is 0 Å². The number of para-hydroxylation sites is 1. The van der Waals surface area contributed by atoms with Gasteiger partial charge < -0.3 is 15.2 Å². The molecule has 0 radical (unpaired) electrons. The molecule has 2 rings (SSSR count). The first-order chi connectivity index (χ1) is 9.00. The van der Waals surface area contributed by atoms with Crippen LogP contribution in [-0.2, 0) is 9.59 Å². The van der Waals surface area contributed by atoms with Crippen LogP contribution in [0.25, 0.3) is 0 Å². The minimum Gasteiger partial charge on any atom is -0.493 e. The standard InChI is InChI=1S/C14H17NO4/c1-8-4-3-5-10-12(17)11(6-7-19-13(8)10)15-14(18)9(2)16/h3-5,11-12,17H,6-7H2,1-2H3,(H,15,18). The van der Waals surface area contributed by atoms with Crippen molar-refractivity contribution in [2.45, 2.75) is 32.4 Å². The SMILES string of the molecule is CC(=O)C(=O)NC1CCOc2c(C)cccc2C1O. The zero-order valence-corrected chi connectivity index (χ0v) is 11.0. The van der Waals surface area contributed by atoms with Crippen LogP contribution in [0.3, 0.4) is 0 Å². The van der Waals surface area contributed by atoms with Gasteiger partial charge in [0, 0.05) is 18.9 Å². The summed E-state index contributed by atoms with van der Waals surface area (Å²) in [6, 6.07) is 4.99. The zero-order chi connectivity index (χ0) is 14.0. The van der Waals surface area contributed by atoms with Gasteiger partial charge in [0.05, 0.1) is 12.6 Å². The molecule has 1 heterocycles. The normalized spacial score (nSPS) is 21.8. The summed E-state index contributed by atoms with van der Waals surface area (Å²) in [6.45, 7) is 3.49. The molecule has 0 aliphatic carbocycles. The quantitative estimate of drug-likeness (QED) is 0.777. The molecule has 19 heavy (non-hydrogen) atoms. The summed E-state index contributed by atoms with van der Waals surface area (Å²) in [5.41, 5.74) is 1.58. The summed E-state index contributed by atoms with van der Waals surface area (Å²) < 4.78 is 5.63. The molecule has 5 heteroatoms. The summed E-state index contributed by atoms with van der Waals surface area (Å²) in [5.74, 6) is -0.587. The molecule has 0 bridgehead atoms. The van der Waals surface area contributed by atoms with Gasteiger partial charge in [-0.05, 0) is 12.5 Å². The molecule has 5 nitrogen and oxygen atoms in total. The van der Waals surface area contributed by atoms with Crippen molar-refractivity contribution >= 4 is 11.7 Å². The van der Waals surface area contributed by atoms with E-state index in [9.17, 15) is 14.7 Å². The van der Waals surface area contributed by atoms with E-state index in [2.05, 4.69) is 5.32 Å². The van der Waals surface area contributed by atoms with Crippen molar-refractivity contribution in [3.63, 3.8) is 0 Å². The van der Waals surface area contributed by atoms with Gasteiger partial charge in [-0.1, -0.05) is 18.2 Å². The van der Waals surface area contributed by atoms with Crippen molar-refractivity contribution in [2.24, 2.45) is 0 Å². The molecule has 2 atom stereocenters. The van der Waals surface area contributed by atoms with Gasteiger partial charge >= 0.3 is 0 Å². The maximum atomic E-state index is 11.4. The highest BCUT2D eigenvalue weighted by Crippen LogP contribution is 2.34. The van der Waals surface area contributed by atoms with Crippen LogP contribution in [-0.4, -0.2) is 29.4 Å². The molecule has 0 saturated carbocycles. The predicted molar refractivity (Wildman–Crippen MR) is 68.9 cm³/mol. The van der Waals surface area contributed by atoms with Crippen LogP contribution < -0.4 is 10.1 Å². The van der Waals surface area contributed by atoms with Crippen molar-refractivity contribution in [1.29, 1.82) is 0 Å². The number of hydrogen-bond donors (Lipinski definition) is 2. The first-order valence-corrected chi connectivity index (χ1v) is 6.22. The predicted octanol–water partition coefficient (Wildman–Crippen LogP) is 0.885. The van der Waals surface area contributed by atoms with E-state index in [0.717, 1.165) is 5.56 Å². The van der Waals surface area contributed by atoms with E-state index < -0.39 is 23.8 Å². The molecule has 1 amide bonds. The van der Waals surface area contributed by atoms with Gasteiger partial charge in [-0.15, -0.1) is 0 Å². The Morgan fingerprint density at radius 1 is 1.42 bits per heavy atom. The largest absolute Gasteiger partial charge is 0.493 e. The fourth-order valence-electron chi connectivity index (χ4n) is 2.19. The Hall–Kier alpha value is -1.88. The second kappa shape index (κ2) is 5.40. The fourth-order valence-corrected chi connectivity index (χ4v) is 2.19. The van der Waals surface area contributed by atoms with E-state index in [4.69, 9.17) is 4.74 Å². The second-order valence-corrected chi connectivity index (χ2v) is 4.71. The monoisotopic (exact) mass is 263 g/mol. The molecule has 1 aromatic carbocycles. The Morgan fingerprint density at radius 3 is 2.84 bits per heavy atom. The van der Waals surface area contributed by atoms with Crippen LogP contribution in [0.1, 0.15) is 30.6 Å². The van der Waals surface area contributed by atoms with Crippen LogP contribution in [0, 0.1) is 6.92 Å². The Morgan fingerprint density at radius 2 is 2.16 bits per heavy atom. The highest BCUT2D eigenvalue weighted by Gasteiger charge is 2.29. The Bertz CT molecular complexity index is 512. The molecule has 1 aromatic rings. The third-order valence-corrected chi connectivity index (χ3v) is 3.25. The summed E-state index contributed by atoms with van der Waals surface area (Å²) in [6.07, 6.45) is -0.422. The number of aliphatic hydroxyl groups is 1. The number of nitrogens with one attached hydrogen (secondary N) is 1. The van der Waals surface area contributed by atoms with Gasteiger partial charge in [0.15, 0.2) is 0 Å². The van der Waals surface area contributed by atoms with Gasteiger partial charge in [0.1, 0.15) is 11.9 Å². The highest BCUT2D eigenvalue weighted by molar-refractivity contribution is 6.35. The number of Topliss-reactive ketones (excluding diaryl/α,β-unsaturated/α-hetero) is 1. The molecule has 2 unspecified atom stereocenters. The number of benzene rings is 1. The molecule has 102 valence electrons. The summed E-state index contributed by atoms with van der Waals surface area (Å²) in [4.78, 5) is 22.4. The maximum absolute atomic E-state index is 11.4. The van der Waals surface area contributed by atoms with Crippen molar-refractivity contribution in [3.8, 4) is 5.75 Å². The number of ketones is 1. The molecule has 1 aliphatic heterocycles. The molecular formula is C14H17NO4. The van der Waals surface area contributed by atoms with E-state index in [1.165, 1.54) is 6.92 Å². The number of rotatable bonds is 2. The topological polar surface area (TPSA) is 75.6 Å². The Kier molecular flexibility index (Phi) is 3.85. The minimum absolute atomic E-state index is 0.387. The van der Waals surface area contributed by atoms with Crippen molar-refractivity contribution in [3.05, 3.63) is 29.3 Å². The number of hydrogen-bond acceptors (Lipinski definition) is 4. The molecule has 0 fully saturated rings. The van der Waals surface area contributed by atoms with Gasteiger partial charge in [0.2, 0.25) is 5.78 Å². The van der Waals surface area contributed by atoms with Gasteiger partial charge in [-0.2, -0.15) is 0 Å². The number of aliphatic hydroxyl groups excluding tert-OH is 1. The molecule has 0 aromatic heterocycles. The van der Waals surface area contributed by atoms with Gasteiger partial charge in [0.25, 0.3) is 5.91 Å². The average Bonchev–Trinajstić information content (AvgIpc) is 2.52. The maximum Gasteiger partial charge on any atom is 0.287 e. The lowest BCUT2D eigenvalue weighted by molar-refractivity contribution is -0.137. The van der Waals surface area contributed by atoms with Crippen molar-refractivity contribution < 1.29 is 19.4 Å². The lowest BCUT2D eigenvalue weighted by Gasteiger charge is -2.21. The van der Waals surface area contributed by atoms with Crippen LogP contribution in [0.2, 0.25) is 0 Å². The number of aryl methyl sites for hydroxylation is 1. The van der Waals surface area contributed by atoms with E-state index in [1.54, 1.807) is 6.07 Å². The van der Waals surface area contributed by atoms with Crippen molar-refractivity contribution in [2.75, 3.05) is 6.61 Å². The Balaban J connectivity index is 2.26. The van der Waals surface area contributed by atoms with Gasteiger partial charge in [-0.3, -0.25) is 9.59 Å². The number of carbonyl (C=O) groups is 2. The van der Waals surface area contributed by atoms with Crippen LogP contribution in [0.5, 0.6) is 5.75 Å². The number of ether oxygens (including phenoxy) is 1. The zero-order valence-electron chi connectivity index (χ0n) is 11.0. The molecule has 1 aliphatic rings. The highest BCUT2D eigenvalue weighted by atomic mass is 16.5. The molecule has 2 N–H and O–H groups in total. The average molecular weight is 263 g/mol. The first-order valence-electron chi connectivity index (χ1n) is 6.22. The van der Waals surface area contributed by atoms with Crippen molar-refractivity contribution in [1.82, 2.24) is 5.32 Å². The Labute approximate surface area is 111 Å². The lowest BCUT2D eigenvalue weighted by atomic mass is 9.98. The second-order valence-electron chi connectivity index (χ2n) is 4.71.